The van der Waals surface area contributed by atoms with E-state index in [4.69, 9.17) is 5.84 Å². The first kappa shape index (κ1) is 13.4. The Morgan fingerprint density at radius 3 is 2.79 bits per heavy atom. The van der Waals surface area contributed by atoms with Gasteiger partial charge in [-0.05, 0) is 30.3 Å². The summed E-state index contributed by atoms with van der Waals surface area (Å²) >= 11 is 3.14. The fourth-order valence-corrected chi connectivity index (χ4v) is 1.77. The standard InChI is InChI=1S/C12H10BrFN4O/c13-8-1-2-10(9(14)6-8)17-12(19)7-3-4-16-11(5-7)18-15/h1-6H,15H2,(H,16,18)(H,17,19). The highest BCUT2D eigenvalue weighted by atomic mass is 79.9. The van der Waals surface area contributed by atoms with E-state index in [9.17, 15) is 9.18 Å². The van der Waals surface area contributed by atoms with Crippen LogP contribution >= 0.6 is 15.9 Å². The van der Waals surface area contributed by atoms with Crippen molar-refractivity contribution < 1.29 is 9.18 Å². The van der Waals surface area contributed by atoms with Crippen LogP contribution in [-0.4, -0.2) is 10.9 Å². The smallest absolute Gasteiger partial charge is 0.255 e. The molecule has 4 N–H and O–H groups in total. The van der Waals surface area contributed by atoms with Crippen LogP contribution in [0.15, 0.2) is 41.0 Å². The summed E-state index contributed by atoms with van der Waals surface area (Å²) in [5.74, 6) is 4.59. The number of hydrogen-bond donors (Lipinski definition) is 3. The lowest BCUT2D eigenvalue weighted by atomic mass is 10.2. The van der Waals surface area contributed by atoms with Gasteiger partial charge in [-0.2, -0.15) is 0 Å². The van der Waals surface area contributed by atoms with Gasteiger partial charge in [-0.15, -0.1) is 0 Å². The maximum Gasteiger partial charge on any atom is 0.255 e. The molecular formula is C12H10BrFN4O. The van der Waals surface area contributed by atoms with E-state index in [2.05, 4.69) is 31.7 Å². The predicted molar refractivity (Wildman–Crippen MR) is 74.1 cm³/mol. The molecule has 0 radical (unpaired) electrons. The summed E-state index contributed by atoms with van der Waals surface area (Å²) < 4.78 is 14.2. The SMILES string of the molecule is NNc1cc(C(=O)Nc2ccc(Br)cc2F)ccn1. The minimum absolute atomic E-state index is 0.104. The zero-order valence-electron chi connectivity index (χ0n) is 9.65. The zero-order valence-corrected chi connectivity index (χ0v) is 11.2. The second-order valence-corrected chi connectivity index (χ2v) is 4.57. The van der Waals surface area contributed by atoms with Crippen molar-refractivity contribution in [2.24, 2.45) is 5.84 Å². The molecule has 1 amide bonds. The minimum atomic E-state index is -0.519. The Morgan fingerprint density at radius 1 is 1.32 bits per heavy atom. The summed E-state index contributed by atoms with van der Waals surface area (Å²) in [6.07, 6.45) is 1.43. The molecule has 0 aliphatic heterocycles. The molecule has 2 aromatic rings. The molecule has 7 heteroatoms. The van der Waals surface area contributed by atoms with E-state index in [-0.39, 0.29) is 5.69 Å². The maximum atomic E-state index is 13.6. The number of benzene rings is 1. The number of rotatable bonds is 3. The number of nitrogens with one attached hydrogen (secondary N) is 2. The number of pyridine rings is 1. The first-order valence-corrected chi connectivity index (χ1v) is 6.08. The van der Waals surface area contributed by atoms with Crippen molar-refractivity contribution in [1.82, 2.24) is 4.98 Å². The average molecular weight is 325 g/mol. The molecule has 0 spiro atoms. The van der Waals surface area contributed by atoms with Gasteiger partial charge in [0.25, 0.3) is 5.91 Å². The molecule has 0 aliphatic rings. The minimum Gasteiger partial charge on any atom is -0.319 e. The first-order valence-electron chi connectivity index (χ1n) is 5.29. The van der Waals surface area contributed by atoms with Gasteiger partial charge in [0.2, 0.25) is 0 Å². The molecule has 0 bridgehead atoms. The molecule has 0 saturated heterocycles. The molecule has 19 heavy (non-hydrogen) atoms. The highest BCUT2D eigenvalue weighted by molar-refractivity contribution is 9.10. The average Bonchev–Trinajstić information content (AvgIpc) is 2.42. The summed E-state index contributed by atoms with van der Waals surface area (Å²) in [4.78, 5) is 15.8. The summed E-state index contributed by atoms with van der Waals surface area (Å²) in [6, 6.07) is 7.35. The van der Waals surface area contributed by atoms with E-state index in [1.165, 1.54) is 30.5 Å². The quantitative estimate of drug-likeness (QED) is 0.598. The predicted octanol–water partition coefficient (Wildman–Crippen LogP) is 2.52. The molecule has 98 valence electrons. The van der Waals surface area contributed by atoms with Gasteiger partial charge >= 0.3 is 0 Å². The largest absolute Gasteiger partial charge is 0.319 e. The van der Waals surface area contributed by atoms with Crippen molar-refractivity contribution in [3.8, 4) is 0 Å². The van der Waals surface area contributed by atoms with Crippen molar-refractivity contribution in [2.45, 2.75) is 0 Å². The number of nitrogens with two attached hydrogens (primary N) is 1. The number of halogens is 2. The molecule has 5 nitrogen and oxygen atoms in total. The van der Waals surface area contributed by atoms with E-state index in [0.717, 1.165) is 0 Å². The van der Waals surface area contributed by atoms with Crippen LogP contribution in [0.5, 0.6) is 0 Å². The lowest BCUT2D eigenvalue weighted by molar-refractivity contribution is 0.102. The second kappa shape index (κ2) is 5.77. The van der Waals surface area contributed by atoms with Gasteiger partial charge in [0, 0.05) is 16.2 Å². The highest BCUT2D eigenvalue weighted by Crippen LogP contribution is 2.20. The monoisotopic (exact) mass is 324 g/mol. The van der Waals surface area contributed by atoms with Crippen molar-refractivity contribution in [1.29, 1.82) is 0 Å². The lowest BCUT2D eigenvalue weighted by Gasteiger charge is -2.07. The molecule has 1 aromatic carbocycles. The number of carbonyl (C=O) groups is 1. The van der Waals surface area contributed by atoms with E-state index in [0.29, 0.717) is 15.9 Å². The number of anilines is 2. The Labute approximate surface area is 117 Å². The zero-order chi connectivity index (χ0) is 13.8. The third-order valence-corrected chi connectivity index (χ3v) is 2.84. The summed E-state index contributed by atoms with van der Waals surface area (Å²) in [6.45, 7) is 0. The maximum absolute atomic E-state index is 13.6. The third kappa shape index (κ3) is 3.27. The van der Waals surface area contributed by atoms with Crippen LogP contribution in [0.4, 0.5) is 15.9 Å². The van der Waals surface area contributed by atoms with Crippen LogP contribution in [0.25, 0.3) is 0 Å². The lowest BCUT2D eigenvalue weighted by Crippen LogP contribution is -2.15. The van der Waals surface area contributed by atoms with Gasteiger partial charge in [-0.3, -0.25) is 4.79 Å². The molecular weight excluding hydrogens is 315 g/mol. The van der Waals surface area contributed by atoms with Gasteiger partial charge in [-0.1, -0.05) is 15.9 Å². The van der Waals surface area contributed by atoms with Crippen molar-refractivity contribution in [2.75, 3.05) is 10.7 Å². The molecule has 0 aliphatic carbocycles. The van der Waals surface area contributed by atoms with E-state index in [1.807, 2.05) is 0 Å². The fraction of sp³-hybridized carbons (Fsp3) is 0. The van der Waals surface area contributed by atoms with E-state index >= 15 is 0 Å². The van der Waals surface area contributed by atoms with Crippen LogP contribution in [0, 0.1) is 5.82 Å². The molecule has 2 rings (SSSR count). The number of carbonyl (C=O) groups excluding carboxylic acids is 1. The fourth-order valence-electron chi connectivity index (χ4n) is 1.44. The van der Waals surface area contributed by atoms with E-state index in [1.54, 1.807) is 6.07 Å². The number of hydrogen-bond acceptors (Lipinski definition) is 4. The second-order valence-electron chi connectivity index (χ2n) is 3.65. The summed E-state index contributed by atoms with van der Waals surface area (Å²) in [5.41, 5.74) is 2.76. The van der Waals surface area contributed by atoms with Crippen molar-refractivity contribution >= 4 is 33.3 Å². The summed E-state index contributed by atoms with van der Waals surface area (Å²) in [5, 5.41) is 2.47. The number of nitrogens with zero attached hydrogens (tertiary/aromatic N) is 1. The van der Waals surface area contributed by atoms with E-state index < -0.39 is 11.7 Å². The van der Waals surface area contributed by atoms with Crippen LogP contribution in [0.3, 0.4) is 0 Å². The molecule has 0 atom stereocenters. The van der Waals surface area contributed by atoms with Crippen LogP contribution in [0.1, 0.15) is 10.4 Å². The van der Waals surface area contributed by atoms with Gasteiger partial charge in [0.05, 0.1) is 5.69 Å². The number of nitrogen functional groups attached to an aromatic ring is 1. The Bertz CT molecular complexity index is 620. The Morgan fingerprint density at radius 2 is 2.11 bits per heavy atom. The summed E-state index contributed by atoms with van der Waals surface area (Å²) in [7, 11) is 0. The normalized spacial score (nSPS) is 10.1. The van der Waals surface area contributed by atoms with Crippen molar-refractivity contribution in [3.05, 3.63) is 52.4 Å². The Hall–Kier alpha value is -1.99. The Kier molecular flexibility index (Phi) is 4.08. The van der Waals surface area contributed by atoms with Gasteiger partial charge in [0.1, 0.15) is 11.6 Å². The van der Waals surface area contributed by atoms with Gasteiger partial charge in [0.15, 0.2) is 0 Å². The van der Waals surface area contributed by atoms with Crippen LogP contribution in [0.2, 0.25) is 0 Å². The molecule has 0 saturated carbocycles. The molecule has 1 aromatic heterocycles. The van der Waals surface area contributed by atoms with Gasteiger partial charge < -0.3 is 10.7 Å². The highest BCUT2D eigenvalue weighted by Gasteiger charge is 2.10. The number of aromatic nitrogens is 1. The Balaban J connectivity index is 2.20. The van der Waals surface area contributed by atoms with Crippen molar-refractivity contribution in [3.63, 3.8) is 0 Å². The molecule has 0 fully saturated rings. The van der Waals surface area contributed by atoms with Crippen LogP contribution < -0.4 is 16.6 Å². The van der Waals surface area contributed by atoms with Crippen LogP contribution in [-0.2, 0) is 0 Å². The third-order valence-electron chi connectivity index (χ3n) is 2.35. The topological polar surface area (TPSA) is 80.0 Å². The van der Waals surface area contributed by atoms with Gasteiger partial charge in [-0.25, -0.2) is 15.2 Å². The number of amides is 1. The first-order chi connectivity index (χ1) is 9.10. The molecule has 0 unspecified atom stereocenters. The number of hydrazine groups is 1. The molecule has 1 heterocycles.